The average Bonchev–Trinajstić information content (AvgIpc) is 3.07. The molecule has 1 amide bonds. The molecular formula is C14H21N3O2. The minimum atomic E-state index is 0.0692. The third-order valence-electron chi connectivity index (χ3n) is 4.25. The van der Waals surface area contributed by atoms with E-state index in [1.165, 1.54) is 12.8 Å². The monoisotopic (exact) mass is 263 g/mol. The van der Waals surface area contributed by atoms with Gasteiger partial charge >= 0.3 is 0 Å². The molecule has 0 radical (unpaired) electrons. The first-order valence-electron chi connectivity index (χ1n) is 7.16. The molecule has 2 fully saturated rings. The molecule has 2 heterocycles. The summed E-state index contributed by atoms with van der Waals surface area (Å²) in [5.41, 5.74) is 0.960. The van der Waals surface area contributed by atoms with Crippen LogP contribution in [0.4, 0.5) is 5.82 Å². The number of anilines is 1. The van der Waals surface area contributed by atoms with Gasteiger partial charge in [-0.05, 0) is 19.8 Å². The molecule has 1 saturated carbocycles. The van der Waals surface area contributed by atoms with E-state index in [1.54, 1.807) is 4.90 Å². The molecule has 0 aromatic carbocycles. The second-order valence-electron chi connectivity index (χ2n) is 5.78. The number of aryl methyl sites for hydroxylation is 1. The molecule has 1 aliphatic heterocycles. The smallest absolute Gasteiger partial charge is 0.228 e. The van der Waals surface area contributed by atoms with Crippen LogP contribution in [-0.2, 0) is 4.79 Å². The van der Waals surface area contributed by atoms with Gasteiger partial charge < -0.3 is 5.11 Å². The number of aliphatic hydroxyl groups is 1. The summed E-state index contributed by atoms with van der Waals surface area (Å²) in [5, 5.41) is 13.8. The van der Waals surface area contributed by atoms with E-state index in [4.69, 9.17) is 0 Å². The number of hydrogen-bond acceptors (Lipinski definition) is 3. The number of amides is 1. The summed E-state index contributed by atoms with van der Waals surface area (Å²) in [7, 11) is 0. The topological polar surface area (TPSA) is 58.4 Å². The van der Waals surface area contributed by atoms with Crippen molar-refractivity contribution >= 4 is 11.7 Å². The molecule has 19 heavy (non-hydrogen) atoms. The van der Waals surface area contributed by atoms with Crippen molar-refractivity contribution in [3.63, 3.8) is 0 Å². The van der Waals surface area contributed by atoms with Gasteiger partial charge in [0.2, 0.25) is 5.91 Å². The Morgan fingerprint density at radius 2 is 2.16 bits per heavy atom. The largest absolute Gasteiger partial charge is 0.396 e. The van der Waals surface area contributed by atoms with Gasteiger partial charge in [0.15, 0.2) is 0 Å². The van der Waals surface area contributed by atoms with Crippen LogP contribution in [-0.4, -0.2) is 33.9 Å². The number of carbonyl (C=O) groups excluding carboxylic acids is 1. The van der Waals surface area contributed by atoms with E-state index in [1.807, 2.05) is 17.7 Å². The summed E-state index contributed by atoms with van der Waals surface area (Å²) in [5.74, 6) is 1.10. The SMILES string of the molecule is Cc1cc(N2CC(CO)CC2=O)n(C2CCCC2)n1. The molecule has 1 unspecified atom stereocenters. The van der Waals surface area contributed by atoms with Crippen molar-refractivity contribution < 1.29 is 9.90 Å². The number of rotatable bonds is 3. The molecule has 1 atom stereocenters. The van der Waals surface area contributed by atoms with Crippen molar-refractivity contribution in [2.45, 2.75) is 45.1 Å². The van der Waals surface area contributed by atoms with Gasteiger partial charge in [-0.2, -0.15) is 5.10 Å². The zero-order valence-corrected chi connectivity index (χ0v) is 11.4. The van der Waals surface area contributed by atoms with E-state index in [0.29, 0.717) is 19.0 Å². The summed E-state index contributed by atoms with van der Waals surface area (Å²) >= 11 is 0. The maximum absolute atomic E-state index is 12.1. The van der Waals surface area contributed by atoms with Crippen LogP contribution in [0.5, 0.6) is 0 Å². The zero-order valence-electron chi connectivity index (χ0n) is 11.4. The van der Waals surface area contributed by atoms with Gasteiger partial charge in [-0.1, -0.05) is 12.8 Å². The van der Waals surface area contributed by atoms with Crippen molar-refractivity contribution in [3.05, 3.63) is 11.8 Å². The van der Waals surface area contributed by atoms with Crippen LogP contribution in [0, 0.1) is 12.8 Å². The molecule has 1 saturated heterocycles. The third-order valence-corrected chi connectivity index (χ3v) is 4.25. The Balaban J connectivity index is 1.89. The van der Waals surface area contributed by atoms with Crippen LogP contribution in [0.15, 0.2) is 6.07 Å². The van der Waals surface area contributed by atoms with E-state index in [0.717, 1.165) is 24.4 Å². The predicted octanol–water partition coefficient (Wildman–Crippen LogP) is 1.65. The molecule has 5 heteroatoms. The van der Waals surface area contributed by atoms with Crippen molar-refractivity contribution in [2.24, 2.45) is 5.92 Å². The molecule has 1 aliphatic carbocycles. The summed E-state index contributed by atoms with van der Waals surface area (Å²) < 4.78 is 2.04. The van der Waals surface area contributed by atoms with Crippen LogP contribution in [0.3, 0.4) is 0 Å². The first-order chi connectivity index (χ1) is 9.19. The van der Waals surface area contributed by atoms with Gasteiger partial charge in [0, 0.05) is 31.6 Å². The average molecular weight is 263 g/mol. The molecule has 1 aromatic heterocycles. The number of hydrogen-bond donors (Lipinski definition) is 1. The summed E-state index contributed by atoms with van der Waals surface area (Å²) in [6.07, 6.45) is 5.25. The molecular weight excluding hydrogens is 242 g/mol. The van der Waals surface area contributed by atoms with Gasteiger partial charge in [0.25, 0.3) is 0 Å². The molecule has 0 spiro atoms. The minimum absolute atomic E-state index is 0.0692. The highest BCUT2D eigenvalue weighted by molar-refractivity contribution is 5.95. The zero-order chi connectivity index (χ0) is 13.4. The molecule has 1 N–H and O–H groups in total. The van der Waals surface area contributed by atoms with Gasteiger partial charge in [-0.15, -0.1) is 0 Å². The van der Waals surface area contributed by atoms with Crippen LogP contribution in [0.1, 0.15) is 43.8 Å². The first-order valence-corrected chi connectivity index (χ1v) is 7.16. The minimum Gasteiger partial charge on any atom is -0.396 e. The lowest BCUT2D eigenvalue weighted by Crippen LogP contribution is -2.28. The summed E-state index contributed by atoms with van der Waals surface area (Å²) in [4.78, 5) is 13.9. The molecule has 1 aromatic rings. The standard InChI is InChI=1S/C14H21N3O2/c1-10-6-13(16-8-11(9-18)7-14(16)19)17(15-10)12-4-2-3-5-12/h6,11-12,18H,2-5,7-9H2,1H3. The first kappa shape index (κ1) is 12.7. The maximum atomic E-state index is 12.1. The fraction of sp³-hybridized carbons (Fsp3) is 0.714. The lowest BCUT2D eigenvalue weighted by molar-refractivity contribution is -0.117. The predicted molar refractivity (Wildman–Crippen MR) is 72.0 cm³/mol. The third kappa shape index (κ3) is 2.27. The molecule has 5 nitrogen and oxygen atoms in total. The van der Waals surface area contributed by atoms with Crippen LogP contribution >= 0.6 is 0 Å². The molecule has 0 bridgehead atoms. The Kier molecular flexibility index (Phi) is 3.31. The highest BCUT2D eigenvalue weighted by atomic mass is 16.3. The molecule has 104 valence electrons. The van der Waals surface area contributed by atoms with Gasteiger partial charge in [0.1, 0.15) is 5.82 Å². The van der Waals surface area contributed by atoms with E-state index >= 15 is 0 Å². The number of aliphatic hydroxyl groups excluding tert-OH is 1. The van der Waals surface area contributed by atoms with Gasteiger partial charge in [-0.3, -0.25) is 9.69 Å². The van der Waals surface area contributed by atoms with E-state index in [9.17, 15) is 9.90 Å². The van der Waals surface area contributed by atoms with E-state index in [2.05, 4.69) is 5.10 Å². The van der Waals surface area contributed by atoms with Gasteiger partial charge in [0.05, 0.1) is 11.7 Å². The Morgan fingerprint density at radius 1 is 1.42 bits per heavy atom. The second kappa shape index (κ2) is 4.96. The van der Waals surface area contributed by atoms with Crippen molar-refractivity contribution in [3.8, 4) is 0 Å². The van der Waals surface area contributed by atoms with Crippen molar-refractivity contribution in [1.82, 2.24) is 9.78 Å². The summed E-state index contributed by atoms with van der Waals surface area (Å²) in [6.45, 7) is 2.67. The quantitative estimate of drug-likeness (QED) is 0.902. The van der Waals surface area contributed by atoms with E-state index in [-0.39, 0.29) is 18.4 Å². The highest BCUT2D eigenvalue weighted by Gasteiger charge is 2.33. The van der Waals surface area contributed by atoms with Crippen LogP contribution < -0.4 is 4.90 Å². The number of carbonyl (C=O) groups is 1. The van der Waals surface area contributed by atoms with Crippen LogP contribution in [0.25, 0.3) is 0 Å². The normalized spacial score (nSPS) is 24.6. The molecule has 2 aliphatic rings. The highest BCUT2D eigenvalue weighted by Crippen LogP contribution is 2.34. The lowest BCUT2D eigenvalue weighted by atomic mass is 10.1. The van der Waals surface area contributed by atoms with E-state index < -0.39 is 0 Å². The Bertz CT molecular complexity index is 477. The Morgan fingerprint density at radius 3 is 2.79 bits per heavy atom. The Hall–Kier alpha value is -1.36. The van der Waals surface area contributed by atoms with Crippen LogP contribution in [0.2, 0.25) is 0 Å². The number of nitrogens with zero attached hydrogens (tertiary/aromatic N) is 3. The second-order valence-corrected chi connectivity index (χ2v) is 5.78. The number of aromatic nitrogens is 2. The fourth-order valence-electron chi connectivity index (χ4n) is 3.25. The molecule has 3 rings (SSSR count). The van der Waals surface area contributed by atoms with Crippen molar-refractivity contribution in [1.29, 1.82) is 0 Å². The summed E-state index contributed by atoms with van der Waals surface area (Å²) in [6, 6.07) is 2.43. The Labute approximate surface area is 113 Å². The fourth-order valence-corrected chi connectivity index (χ4v) is 3.25. The lowest BCUT2D eigenvalue weighted by Gasteiger charge is -2.21. The van der Waals surface area contributed by atoms with Gasteiger partial charge in [-0.25, -0.2) is 4.68 Å². The maximum Gasteiger partial charge on any atom is 0.228 e. The van der Waals surface area contributed by atoms with Crippen molar-refractivity contribution in [2.75, 3.05) is 18.1 Å².